The highest BCUT2D eigenvalue weighted by Gasteiger charge is 2.48. The van der Waals surface area contributed by atoms with E-state index in [2.05, 4.69) is 24.1 Å². The quantitative estimate of drug-likeness (QED) is 0.711. The zero-order valence-electron chi connectivity index (χ0n) is 8.97. The Bertz CT molecular complexity index is 175. The van der Waals surface area contributed by atoms with E-state index in [1.165, 1.54) is 45.4 Å². The molecule has 1 saturated heterocycles. The molecule has 1 saturated carbocycles. The zero-order valence-corrected chi connectivity index (χ0v) is 8.97. The Morgan fingerprint density at radius 1 is 1.46 bits per heavy atom. The number of nitrogens with zero attached hydrogens (tertiary/aromatic N) is 1. The highest BCUT2D eigenvalue weighted by Crippen LogP contribution is 2.42. The minimum absolute atomic E-state index is 0.599. The van der Waals surface area contributed by atoms with Gasteiger partial charge in [0.15, 0.2) is 0 Å². The van der Waals surface area contributed by atoms with Crippen LogP contribution in [0.5, 0.6) is 0 Å². The Labute approximate surface area is 81.7 Å². The third kappa shape index (κ3) is 1.89. The number of nitrogens with one attached hydrogen (secondary N) is 1. The summed E-state index contributed by atoms with van der Waals surface area (Å²) in [5.41, 5.74) is 0.599. The van der Waals surface area contributed by atoms with E-state index in [0.29, 0.717) is 5.54 Å². The van der Waals surface area contributed by atoms with Crippen LogP contribution in [0.15, 0.2) is 0 Å². The van der Waals surface area contributed by atoms with Crippen LogP contribution >= 0.6 is 0 Å². The van der Waals surface area contributed by atoms with Gasteiger partial charge in [-0.15, -0.1) is 0 Å². The molecule has 0 amide bonds. The van der Waals surface area contributed by atoms with Crippen molar-refractivity contribution >= 4 is 0 Å². The lowest BCUT2D eigenvalue weighted by molar-refractivity contribution is 0.122. The van der Waals surface area contributed by atoms with Gasteiger partial charge in [-0.1, -0.05) is 20.3 Å². The van der Waals surface area contributed by atoms with Gasteiger partial charge >= 0.3 is 0 Å². The van der Waals surface area contributed by atoms with Crippen LogP contribution in [0.3, 0.4) is 0 Å². The summed E-state index contributed by atoms with van der Waals surface area (Å²) < 4.78 is 0. The van der Waals surface area contributed by atoms with E-state index in [-0.39, 0.29) is 0 Å². The molecule has 0 aromatic heterocycles. The minimum atomic E-state index is 0.599. The Balaban J connectivity index is 1.89. The summed E-state index contributed by atoms with van der Waals surface area (Å²) in [7, 11) is 0. The Morgan fingerprint density at radius 3 is 2.85 bits per heavy atom. The summed E-state index contributed by atoms with van der Waals surface area (Å²) in [5, 5.41) is 3.52. The molecule has 13 heavy (non-hydrogen) atoms. The lowest BCUT2D eigenvalue weighted by atomic mass is 10.1. The lowest BCUT2D eigenvalue weighted by Crippen LogP contribution is -2.54. The standard InChI is InChI=1S/C11H22N2/c1-3-10(2)8-13-7-6-12-9-11(13)4-5-11/h10,12H,3-9H2,1-2H3. The van der Waals surface area contributed by atoms with Gasteiger partial charge in [0.2, 0.25) is 0 Å². The van der Waals surface area contributed by atoms with Crippen molar-refractivity contribution < 1.29 is 0 Å². The van der Waals surface area contributed by atoms with E-state index in [1.807, 2.05) is 0 Å². The van der Waals surface area contributed by atoms with Crippen molar-refractivity contribution in [3.63, 3.8) is 0 Å². The van der Waals surface area contributed by atoms with Crippen molar-refractivity contribution in [1.29, 1.82) is 0 Å². The number of hydrogen-bond donors (Lipinski definition) is 1. The molecule has 1 heterocycles. The smallest absolute Gasteiger partial charge is 0.0336 e. The van der Waals surface area contributed by atoms with Gasteiger partial charge in [-0.3, -0.25) is 4.90 Å². The van der Waals surface area contributed by atoms with Crippen LogP contribution in [-0.2, 0) is 0 Å². The highest BCUT2D eigenvalue weighted by atomic mass is 15.3. The van der Waals surface area contributed by atoms with E-state index in [9.17, 15) is 0 Å². The molecular weight excluding hydrogens is 160 g/mol. The van der Waals surface area contributed by atoms with E-state index in [1.54, 1.807) is 0 Å². The summed E-state index contributed by atoms with van der Waals surface area (Å²) in [4.78, 5) is 2.73. The van der Waals surface area contributed by atoms with Crippen molar-refractivity contribution in [2.24, 2.45) is 5.92 Å². The molecule has 2 nitrogen and oxygen atoms in total. The molecule has 1 unspecified atom stereocenters. The lowest BCUT2D eigenvalue weighted by Gasteiger charge is -2.38. The van der Waals surface area contributed by atoms with Crippen LogP contribution in [0.4, 0.5) is 0 Å². The van der Waals surface area contributed by atoms with E-state index in [0.717, 1.165) is 5.92 Å². The summed E-state index contributed by atoms with van der Waals surface area (Å²) in [6.45, 7) is 9.69. The molecule has 0 aromatic rings. The van der Waals surface area contributed by atoms with Crippen LogP contribution in [0.25, 0.3) is 0 Å². The Hall–Kier alpha value is -0.0800. The van der Waals surface area contributed by atoms with E-state index < -0.39 is 0 Å². The second-order valence-corrected chi connectivity index (χ2v) is 4.86. The highest BCUT2D eigenvalue weighted by molar-refractivity contribution is 5.07. The fourth-order valence-corrected chi connectivity index (χ4v) is 2.31. The Morgan fingerprint density at radius 2 is 2.23 bits per heavy atom. The SMILES string of the molecule is CCC(C)CN1CCNCC12CC2. The first-order valence-corrected chi connectivity index (χ1v) is 5.72. The molecule has 76 valence electrons. The van der Waals surface area contributed by atoms with Gasteiger partial charge in [0.25, 0.3) is 0 Å². The number of piperazine rings is 1. The molecule has 2 rings (SSSR count). The van der Waals surface area contributed by atoms with Crippen LogP contribution in [0, 0.1) is 5.92 Å². The fraction of sp³-hybridized carbons (Fsp3) is 1.00. The number of hydrogen-bond acceptors (Lipinski definition) is 2. The van der Waals surface area contributed by atoms with Crippen molar-refractivity contribution in [2.45, 2.75) is 38.6 Å². The van der Waals surface area contributed by atoms with Gasteiger partial charge in [0.1, 0.15) is 0 Å². The third-order valence-corrected chi connectivity index (χ3v) is 3.74. The predicted molar refractivity (Wildman–Crippen MR) is 55.9 cm³/mol. The summed E-state index contributed by atoms with van der Waals surface area (Å²) >= 11 is 0. The molecule has 0 bridgehead atoms. The van der Waals surface area contributed by atoms with Gasteiger partial charge < -0.3 is 5.32 Å². The van der Waals surface area contributed by atoms with Crippen LogP contribution < -0.4 is 5.32 Å². The Kier molecular flexibility index (Phi) is 2.61. The minimum Gasteiger partial charge on any atom is -0.314 e. The van der Waals surface area contributed by atoms with Gasteiger partial charge in [0, 0.05) is 31.7 Å². The largest absolute Gasteiger partial charge is 0.314 e. The first-order valence-electron chi connectivity index (χ1n) is 5.72. The summed E-state index contributed by atoms with van der Waals surface area (Å²) in [6.07, 6.45) is 4.17. The van der Waals surface area contributed by atoms with Crippen LogP contribution in [0.1, 0.15) is 33.1 Å². The molecule has 2 aliphatic rings. The molecule has 0 aromatic carbocycles. The van der Waals surface area contributed by atoms with Crippen molar-refractivity contribution in [2.75, 3.05) is 26.2 Å². The zero-order chi connectivity index (χ0) is 9.31. The maximum atomic E-state index is 3.52. The van der Waals surface area contributed by atoms with E-state index >= 15 is 0 Å². The first-order chi connectivity index (χ1) is 6.27. The second-order valence-electron chi connectivity index (χ2n) is 4.86. The maximum absolute atomic E-state index is 3.52. The normalized spacial score (nSPS) is 29.1. The van der Waals surface area contributed by atoms with Gasteiger partial charge in [0.05, 0.1) is 0 Å². The van der Waals surface area contributed by atoms with Crippen molar-refractivity contribution in [3.8, 4) is 0 Å². The van der Waals surface area contributed by atoms with Gasteiger partial charge in [-0.2, -0.15) is 0 Å². The van der Waals surface area contributed by atoms with Crippen molar-refractivity contribution in [1.82, 2.24) is 10.2 Å². The molecule has 1 atom stereocenters. The number of rotatable bonds is 3. The molecule has 1 aliphatic heterocycles. The van der Waals surface area contributed by atoms with Crippen molar-refractivity contribution in [3.05, 3.63) is 0 Å². The van der Waals surface area contributed by atoms with Gasteiger partial charge in [-0.25, -0.2) is 0 Å². The fourth-order valence-electron chi connectivity index (χ4n) is 2.31. The summed E-state index contributed by atoms with van der Waals surface area (Å²) in [6, 6.07) is 0. The van der Waals surface area contributed by atoms with Crippen LogP contribution in [0.2, 0.25) is 0 Å². The third-order valence-electron chi connectivity index (χ3n) is 3.74. The molecule has 2 fully saturated rings. The average Bonchev–Trinajstić information content (AvgIpc) is 2.90. The second kappa shape index (κ2) is 3.58. The van der Waals surface area contributed by atoms with Crippen LogP contribution in [-0.4, -0.2) is 36.6 Å². The average molecular weight is 182 g/mol. The molecule has 2 heteroatoms. The van der Waals surface area contributed by atoms with Gasteiger partial charge in [-0.05, 0) is 18.8 Å². The molecule has 1 N–H and O–H groups in total. The topological polar surface area (TPSA) is 15.3 Å². The monoisotopic (exact) mass is 182 g/mol. The summed E-state index contributed by atoms with van der Waals surface area (Å²) in [5.74, 6) is 0.871. The maximum Gasteiger partial charge on any atom is 0.0336 e. The molecular formula is C11H22N2. The molecule has 1 spiro atoms. The first kappa shape index (κ1) is 9.47. The molecule has 1 aliphatic carbocycles. The molecule has 0 radical (unpaired) electrons. The predicted octanol–water partition coefficient (Wildman–Crippen LogP) is 1.47. The van der Waals surface area contributed by atoms with E-state index in [4.69, 9.17) is 0 Å².